The SMILES string of the molecule is COc1ccc(C=C2SC(=O)N(CCNC(=O)c3ccncc3)C2=O)cc1OC. The molecule has 150 valence electrons. The van der Waals surface area contributed by atoms with Gasteiger partial charge in [-0.25, -0.2) is 0 Å². The molecule has 1 N–H and O–H groups in total. The molecule has 1 aliphatic heterocycles. The summed E-state index contributed by atoms with van der Waals surface area (Å²) in [6.45, 7) is 0.244. The van der Waals surface area contributed by atoms with E-state index in [4.69, 9.17) is 9.47 Å². The van der Waals surface area contributed by atoms with Gasteiger partial charge in [0.1, 0.15) is 0 Å². The van der Waals surface area contributed by atoms with Crippen molar-refractivity contribution < 1.29 is 23.9 Å². The molecule has 1 aliphatic rings. The first-order valence-corrected chi connectivity index (χ1v) is 9.50. The van der Waals surface area contributed by atoms with Crippen LogP contribution in [0.5, 0.6) is 11.5 Å². The standard InChI is InChI=1S/C20H19N3O5S/c1-27-15-4-3-13(11-16(15)28-2)12-17-19(25)23(20(26)29-17)10-9-22-18(24)14-5-7-21-8-6-14/h3-8,11-12H,9-10H2,1-2H3,(H,22,24). The number of pyridine rings is 1. The number of hydrogen-bond acceptors (Lipinski definition) is 7. The number of imide groups is 1. The fourth-order valence-electron chi connectivity index (χ4n) is 2.67. The summed E-state index contributed by atoms with van der Waals surface area (Å²) in [6, 6.07) is 8.39. The Balaban J connectivity index is 1.63. The largest absolute Gasteiger partial charge is 0.493 e. The number of benzene rings is 1. The smallest absolute Gasteiger partial charge is 0.293 e. The van der Waals surface area contributed by atoms with Crippen molar-refractivity contribution in [2.75, 3.05) is 27.3 Å². The van der Waals surface area contributed by atoms with Gasteiger partial charge in [-0.3, -0.25) is 24.3 Å². The zero-order valence-electron chi connectivity index (χ0n) is 15.9. The Kier molecular flexibility index (Phi) is 6.50. The van der Waals surface area contributed by atoms with E-state index >= 15 is 0 Å². The molecule has 2 aromatic rings. The topological polar surface area (TPSA) is 97.8 Å². The normalized spacial score (nSPS) is 15.0. The molecule has 0 unspecified atom stereocenters. The van der Waals surface area contributed by atoms with Gasteiger partial charge in [-0.05, 0) is 47.7 Å². The lowest BCUT2D eigenvalue weighted by atomic mass is 10.2. The second-order valence-electron chi connectivity index (χ2n) is 5.94. The van der Waals surface area contributed by atoms with Crippen molar-refractivity contribution in [1.29, 1.82) is 0 Å². The van der Waals surface area contributed by atoms with Crippen molar-refractivity contribution in [3.05, 3.63) is 58.8 Å². The number of ether oxygens (including phenoxy) is 2. The summed E-state index contributed by atoms with van der Waals surface area (Å²) in [5.74, 6) is 0.412. The van der Waals surface area contributed by atoms with E-state index in [-0.39, 0.29) is 24.2 Å². The Bertz CT molecular complexity index is 962. The summed E-state index contributed by atoms with van der Waals surface area (Å²) in [7, 11) is 3.06. The molecule has 2 heterocycles. The minimum Gasteiger partial charge on any atom is -0.493 e. The highest BCUT2D eigenvalue weighted by molar-refractivity contribution is 8.18. The van der Waals surface area contributed by atoms with Gasteiger partial charge in [0, 0.05) is 31.0 Å². The number of hydrogen-bond donors (Lipinski definition) is 1. The fourth-order valence-corrected chi connectivity index (χ4v) is 3.54. The third-order valence-corrected chi connectivity index (χ3v) is 5.05. The number of methoxy groups -OCH3 is 2. The molecule has 29 heavy (non-hydrogen) atoms. The number of aromatic nitrogens is 1. The Hall–Kier alpha value is -3.33. The Labute approximate surface area is 171 Å². The summed E-state index contributed by atoms with van der Waals surface area (Å²) < 4.78 is 10.4. The summed E-state index contributed by atoms with van der Waals surface area (Å²) in [5.41, 5.74) is 1.17. The molecule has 1 fully saturated rings. The van der Waals surface area contributed by atoms with Crippen LogP contribution >= 0.6 is 11.8 Å². The van der Waals surface area contributed by atoms with Crippen molar-refractivity contribution in [2.24, 2.45) is 0 Å². The van der Waals surface area contributed by atoms with E-state index in [0.29, 0.717) is 27.5 Å². The Morgan fingerprint density at radius 1 is 1.14 bits per heavy atom. The van der Waals surface area contributed by atoms with Gasteiger partial charge >= 0.3 is 0 Å². The van der Waals surface area contributed by atoms with Crippen LogP contribution in [0.25, 0.3) is 6.08 Å². The third kappa shape index (κ3) is 4.75. The molecule has 0 atom stereocenters. The minimum absolute atomic E-state index is 0.0881. The molecule has 3 rings (SSSR count). The summed E-state index contributed by atoms with van der Waals surface area (Å²) in [5, 5.41) is 2.31. The van der Waals surface area contributed by atoms with Crippen LogP contribution in [0.4, 0.5) is 4.79 Å². The van der Waals surface area contributed by atoms with Gasteiger partial charge in [-0.1, -0.05) is 6.07 Å². The first-order valence-electron chi connectivity index (χ1n) is 8.69. The average molecular weight is 413 g/mol. The van der Waals surface area contributed by atoms with E-state index in [1.807, 2.05) is 0 Å². The molecule has 9 heteroatoms. The quantitative estimate of drug-likeness (QED) is 0.697. The summed E-state index contributed by atoms with van der Waals surface area (Å²) >= 11 is 0.861. The van der Waals surface area contributed by atoms with Crippen molar-refractivity contribution in [3.63, 3.8) is 0 Å². The van der Waals surface area contributed by atoms with Crippen molar-refractivity contribution in [3.8, 4) is 11.5 Å². The second-order valence-corrected chi connectivity index (χ2v) is 6.93. The van der Waals surface area contributed by atoms with E-state index < -0.39 is 5.91 Å². The first-order chi connectivity index (χ1) is 14.0. The monoisotopic (exact) mass is 413 g/mol. The van der Waals surface area contributed by atoms with E-state index in [9.17, 15) is 14.4 Å². The minimum atomic E-state index is -0.395. The van der Waals surface area contributed by atoms with Gasteiger partial charge in [-0.2, -0.15) is 0 Å². The van der Waals surface area contributed by atoms with Gasteiger partial charge in [0.05, 0.1) is 19.1 Å². The molecule has 0 aliphatic carbocycles. The van der Waals surface area contributed by atoms with Crippen LogP contribution in [0, 0.1) is 0 Å². The predicted octanol–water partition coefficient (Wildman–Crippen LogP) is 2.57. The predicted molar refractivity (Wildman–Crippen MR) is 109 cm³/mol. The van der Waals surface area contributed by atoms with E-state index in [2.05, 4.69) is 10.3 Å². The number of thioether (sulfide) groups is 1. The number of carbonyl (C=O) groups is 3. The van der Waals surface area contributed by atoms with Gasteiger partial charge in [0.15, 0.2) is 11.5 Å². The molecule has 1 aromatic heterocycles. The summed E-state index contributed by atoms with van der Waals surface area (Å²) in [6.07, 6.45) is 4.66. The van der Waals surface area contributed by atoms with E-state index in [1.54, 1.807) is 36.4 Å². The lowest BCUT2D eigenvalue weighted by Crippen LogP contribution is -2.37. The molecule has 0 saturated carbocycles. The molecular formula is C20H19N3O5S. The average Bonchev–Trinajstić information content (AvgIpc) is 3.01. The van der Waals surface area contributed by atoms with Crippen LogP contribution in [0.1, 0.15) is 15.9 Å². The van der Waals surface area contributed by atoms with Crippen molar-refractivity contribution in [2.45, 2.75) is 0 Å². The Morgan fingerprint density at radius 3 is 2.55 bits per heavy atom. The molecule has 0 radical (unpaired) electrons. The van der Waals surface area contributed by atoms with Crippen molar-refractivity contribution >= 4 is 34.9 Å². The molecule has 1 aromatic carbocycles. The highest BCUT2D eigenvalue weighted by atomic mass is 32.2. The van der Waals surface area contributed by atoms with Crippen LogP contribution in [0.15, 0.2) is 47.6 Å². The number of nitrogens with zero attached hydrogens (tertiary/aromatic N) is 2. The second kappa shape index (κ2) is 9.24. The van der Waals surface area contributed by atoms with Gasteiger partial charge in [-0.15, -0.1) is 0 Å². The number of nitrogens with one attached hydrogen (secondary N) is 1. The lowest BCUT2D eigenvalue weighted by molar-refractivity contribution is -0.122. The Morgan fingerprint density at radius 2 is 1.86 bits per heavy atom. The zero-order chi connectivity index (χ0) is 20.8. The maximum Gasteiger partial charge on any atom is 0.293 e. The van der Waals surface area contributed by atoms with Crippen LogP contribution in [0.2, 0.25) is 0 Å². The molecule has 0 spiro atoms. The maximum atomic E-state index is 12.6. The maximum absolute atomic E-state index is 12.6. The highest BCUT2D eigenvalue weighted by Crippen LogP contribution is 2.34. The molecule has 1 saturated heterocycles. The summed E-state index contributed by atoms with van der Waals surface area (Å²) in [4.78, 5) is 42.1. The number of amides is 3. The fraction of sp³-hybridized carbons (Fsp3) is 0.200. The highest BCUT2D eigenvalue weighted by Gasteiger charge is 2.34. The number of carbonyl (C=O) groups excluding carboxylic acids is 3. The number of rotatable bonds is 7. The van der Waals surface area contributed by atoms with Crippen LogP contribution < -0.4 is 14.8 Å². The van der Waals surface area contributed by atoms with Gasteiger partial charge in [0.25, 0.3) is 17.1 Å². The van der Waals surface area contributed by atoms with E-state index in [1.165, 1.54) is 26.6 Å². The lowest BCUT2D eigenvalue weighted by Gasteiger charge is -2.13. The molecule has 3 amide bonds. The van der Waals surface area contributed by atoms with Crippen molar-refractivity contribution in [1.82, 2.24) is 15.2 Å². The third-order valence-electron chi connectivity index (χ3n) is 4.14. The molecule has 0 bridgehead atoms. The van der Waals surface area contributed by atoms with Crippen LogP contribution in [-0.2, 0) is 4.79 Å². The molecular weight excluding hydrogens is 394 g/mol. The van der Waals surface area contributed by atoms with Crippen LogP contribution in [0.3, 0.4) is 0 Å². The molecule has 8 nitrogen and oxygen atoms in total. The van der Waals surface area contributed by atoms with Gasteiger partial charge in [0.2, 0.25) is 0 Å². The van der Waals surface area contributed by atoms with Gasteiger partial charge < -0.3 is 14.8 Å². The van der Waals surface area contributed by atoms with Crippen LogP contribution in [-0.4, -0.2) is 54.2 Å². The van der Waals surface area contributed by atoms with E-state index in [0.717, 1.165) is 16.7 Å². The zero-order valence-corrected chi connectivity index (χ0v) is 16.7. The first kappa shape index (κ1) is 20.4.